The minimum atomic E-state index is -0.509. The number of amides is 3. The number of benzene rings is 2. The van der Waals surface area contributed by atoms with E-state index in [4.69, 9.17) is 0 Å². The van der Waals surface area contributed by atoms with Gasteiger partial charge in [-0.2, -0.15) is 5.10 Å². The van der Waals surface area contributed by atoms with E-state index in [1.165, 1.54) is 17.3 Å². The molecule has 2 heterocycles. The monoisotopic (exact) mass is 496 g/mol. The molecule has 1 saturated heterocycles. The number of hydrogen-bond acceptors (Lipinski definition) is 5. The van der Waals surface area contributed by atoms with E-state index in [2.05, 4.69) is 36.6 Å². The molecule has 2 aromatic carbocycles. The van der Waals surface area contributed by atoms with Gasteiger partial charge in [0.2, 0.25) is 17.7 Å². The Morgan fingerprint density at radius 2 is 1.84 bits per heavy atom. The first-order valence-corrected chi connectivity index (χ1v) is 10.8. The van der Waals surface area contributed by atoms with Gasteiger partial charge in [0, 0.05) is 34.5 Å². The highest BCUT2D eigenvalue weighted by Crippen LogP contribution is 2.28. The third-order valence-corrected chi connectivity index (χ3v) is 5.74. The van der Waals surface area contributed by atoms with Crippen molar-refractivity contribution in [3.8, 4) is 0 Å². The molecule has 10 heteroatoms. The zero-order valence-electron chi connectivity index (χ0n) is 17.2. The average molecular weight is 497 g/mol. The van der Waals surface area contributed by atoms with E-state index in [1.807, 2.05) is 24.3 Å². The minimum Gasteiger partial charge on any atom is -0.326 e. The second-order valence-corrected chi connectivity index (χ2v) is 8.41. The van der Waals surface area contributed by atoms with Gasteiger partial charge in [-0.3, -0.25) is 14.4 Å². The maximum Gasteiger partial charge on any atom is 0.249 e. The van der Waals surface area contributed by atoms with Crippen LogP contribution < -0.4 is 15.5 Å². The second kappa shape index (κ2) is 9.31. The summed E-state index contributed by atoms with van der Waals surface area (Å²) in [6.45, 7) is 2.05. The Morgan fingerprint density at radius 3 is 2.50 bits per heavy atom. The van der Waals surface area contributed by atoms with Crippen LogP contribution in [0.4, 0.5) is 17.1 Å². The van der Waals surface area contributed by atoms with Crippen molar-refractivity contribution in [3.63, 3.8) is 0 Å². The molecule has 3 aromatic rings. The summed E-state index contributed by atoms with van der Waals surface area (Å²) in [6.07, 6.45) is 3.01. The number of halogens is 1. The van der Waals surface area contributed by atoms with Crippen molar-refractivity contribution in [3.05, 3.63) is 65.7 Å². The first-order valence-electron chi connectivity index (χ1n) is 10.0. The molecule has 4 rings (SSSR count). The number of nitrogens with zero attached hydrogens (tertiary/aromatic N) is 4. The summed E-state index contributed by atoms with van der Waals surface area (Å²) in [5.41, 5.74) is 1.95. The molecule has 0 saturated carbocycles. The fraction of sp³-hybridized carbons (Fsp3) is 0.227. The maximum atomic E-state index is 12.7. The van der Waals surface area contributed by atoms with Gasteiger partial charge in [-0.15, -0.1) is 0 Å². The zero-order chi connectivity index (χ0) is 22.7. The quantitative estimate of drug-likeness (QED) is 0.544. The summed E-state index contributed by atoms with van der Waals surface area (Å²) < 4.78 is 2.34. The molecule has 1 fully saturated rings. The Morgan fingerprint density at radius 1 is 1.12 bits per heavy atom. The highest BCUT2D eigenvalue weighted by molar-refractivity contribution is 9.10. The Labute approximate surface area is 192 Å². The molecule has 0 radical (unpaired) electrons. The maximum absolute atomic E-state index is 12.7. The van der Waals surface area contributed by atoms with Crippen LogP contribution >= 0.6 is 15.9 Å². The largest absolute Gasteiger partial charge is 0.326 e. The number of aromatic nitrogens is 3. The number of nitrogens with one attached hydrogen (secondary N) is 2. The molecule has 1 aromatic heterocycles. The molecule has 9 nitrogen and oxygen atoms in total. The van der Waals surface area contributed by atoms with E-state index < -0.39 is 12.0 Å². The Kier molecular flexibility index (Phi) is 6.31. The van der Waals surface area contributed by atoms with E-state index in [0.717, 1.165) is 10.2 Å². The van der Waals surface area contributed by atoms with E-state index >= 15 is 0 Å². The van der Waals surface area contributed by atoms with Crippen molar-refractivity contribution in [2.75, 3.05) is 22.1 Å². The molecule has 1 aliphatic rings. The van der Waals surface area contributed by atoms with E-state index in [-0.39, 0.29) is 24.1 Å². The predicted molar refractivity (Wildman–Crippen MR) is 123 cm³/mol. The topological polar surface area (TPSA) is 109 Å². The highest BCUT2D eigenvalue weighted by atomic mass is 79.9. The Hall–Kier alpha value is -3.53. The SMILES string of the molecule is CC(C(=O)Nc1ccc(NC(=O)C2CC(=O)N(c3cccc(Br)c3)C2)cc1)n1cncn1. The van der Waals surface area contributed by atoms with Crippen LogP contribution in [0.25, 0.3) is 0 Å². The van der Waals surface area contributed by atoms with Gasteiger partial charge in [-0.05, 0) is 49.4 Å². The van der Waals surface area contributed by atoms with E-state index in [9.17, 15) is 14.4 Å². The van der Waals surface area contributed by atoms with Gasteiger partial charge in [-0.25, -0.2) is 9.67 Å². The number of carbonyl (C=O) groups is 3. The van der Waals surface area contributed by atoms with Gasteiger partial charge < -0.3 is 15.5 Å². The predicted octanol–water partition coefficient (Wildman–Crippen LogP) is 3.23. The minimum absolute atomic E-state index is 0.0807. The fourth-order valence-corrected chi connectivity index (χ4v) is 3.83. The Balaban J connectivity index is 1.34. The van der Waals surface area contributed by atoms with Crippen LogP contribution in [0.3, 0.4) is 0 Å². The highest BCUT2D eigenvalue weighted by Gasteiger charge is 2.35. The summed E-state index contributed by atoms with van der Waals surface area (Å²) in [6, 6.07) is 13.7. The van der Waals surface area contributed by atoms with Crippen molar-refractivity contribution in [2.45, 2.75) is 19.4 Å². The number of rotatable bonds is 6. The van der Waals surface area contributed by atoms with Gasteiger partial charge in [0.25, 0.3) is 0 Å². The molecule has 32 heavy (non-hydrogen) atoms. The Bertz CT molecular complexity index is 1130. The number of carbonyl (C=O) groups excluding carboxylic acids is 3. The summed E-state index contributed by atoms with van der Waals surface area (Å²) in [5, 5.41) is 9.62. The van der Waals surface area contributed by atoms with Crippen LogP contribution in [-0.4, -0.2) is 39.0 Å². The van der Waals surface area contributed by atoms with Crippen molar-refractivity contribution in [1.82, 2.24) is 14.8 Å². The van der Waals surface area contributed by atoms with E-state index in [0.29, 0.717) is 17.9 Å². The fourth-order valence-electron chi connectivity index (χ4n) is 3.44. The van der Waals surface area contributed by atoms with Crippen molar-refractivity contribution < 1.29 is 14.4 Å². The molecular formula is C22H21BrN6O3. The lowest BCUT2D eigenvalue weighted by Gasteiger charge is -2.17. The lowest BCUT2D eigenvalue weighted by atomic mass is 10.1. The third kappa shape index (κ3) is 4.86. The first kappa shape index (κ1) is 21.7. The van der Waals surface area contributed by atoms with Crippen molar-refractivity contribution in [2.24, 2.45) is 5.92 Å². The standard InChI is InChI=1S/C22H21BrN6O3/c1-14(29-13-24-12-25-29)21(31)26-17-5-7-18(8-6-17)27-22(32)15-9-20(30)28(11-15)19-4-2-3-16(23)10-19/h2-8,10,12-15H,9,11H2,1H3,(H,26,31)(H,27,32). The second-order valence-electron chi connectivity index (χ2n) is 7.49. The summed E-state index contributed by atoms with van der Waals surface area (Å²) in [7, 11) is 0. The zero-order valence-corrected chi connectivity index (χ0v) is 18.8. The van der Waals surface area contributed by atoms with Gasteiger partial charge in [0.05, 0.1) is 5.92 Å². The van der Waals surface area contributed by atoms with Crippen LogP contribution in [0, 0.1) is 5.92 Å². The van der Waals surface area contributed by atoms with Crippen LogP contribution in [-0.2, 0) is 14.4 Å². The molecule has 2 N–H and O–H groups in total. The molecule has 1 aliphatic heterocycles. The van der Waals surface area contributed by atoms with Crippen LogP contribution in [0.5, 0.6) is 0 Å². The molecule has 0 spiro atoms. The molecule has 0 bridgehead atoms. The summed E-state index contributed by atoms with van der Waals surface area (Å²) in [5.74, 6) is -0.968. The smallest absolute Gasteiger partial charge is 0.249 e. The summed E-state index contributed by atoms with van der Waals surface area (Å²) >= 11 is 3.41. The lowest BCUT2D eigenvalue weighted by Crippen LogP contribution is -2.28. The van der Waals surface area contributed by atoms with Crippen LogP contribution in [0.2, 0.25) is 0 Å². The molecule has 0 aliphatic carbocycles. The van der Waals surface area contributed by atoms with Gasteiger partial charge in [0.1, 0.15) is 18.7 Å². The molecule has 2 unspecified atom stereocenters. The molecule has 164 valence electrons. The number of hydrogen-bond donors (Lipinski definition) is 2. The van der Waals surface area contributed by atoms with Crippen molar-refractivity contribution >= 4 is 50.7 Å². The molecule has 2 atom stereocenters. The van der Waals surface area contributed by atoms with Gasteiger partial charge >= 0.3 is 0 Å². The van der Waals surface area contributed by atoms with Gasteiger partial charge in [0.15, 0.2) is 0 Å². The van der Waals surface area contributed by atoms with Crippen LogP contribution in [0.1, 0.15) is 19.4 Å². The van der Waals surface area contributed by atoms with Crippen LogP contribution in [0.15, 0.2) is 65.7 Å². The van der Waals surface area contributed by atoms with E-state index in [1.54, 1.807) is 36.1 Å². The first-order chi connectivity index (χ1) is 15.4. The lowest BCUT2D eigenvalue weighted by molar-refractivity contribution is -0.122. The normalized spacial score (nSPS) is 16.6. The third-order valence-electron chi connectivity index (χ3n) is 5.25. The number of anilines is 3. The molecular weight excluding hydrogens is 476 g/mol. The average Bonchev–Trinajstić information content (AvgIpc) is 3.44. The summed E-state index contributed by atoms with van der Waals surface area (Å²) in [4.78, 5) is 42.9. The van der Waals surface area contributed by atoms with Gasteiger partial charge in [-0.1, -0.05) is 22.0 Å². The molecule has 3 amide bonds. The van der Waals surface area contributed by atoms with Crippen molar-refractivity contribution in [1.29, 1.82) is 0 Å².